The van der Waals surface area contributed by atoms with Crippen molar-refractivity contribution in [2.75, 3.05) is 26.4 Å². The molecule has 0 bridgehead atoms. The Kier molecular flexibility index (Phi) is 6.64. The van der Waals surface area contributed by atoms with Crippen molar-refractivity contribution in [3.63, 3.8) is 0 Å². The molecule has 0 heterocycles. The Morgan fingerprint density at radius 2 is 1.85 bits per heavy atom. The zero-order valence-electron chi connectivity index (χ0n) is 11.8. The molecule has 0 saturated carbocycles. The van der Waals surface area contributed by atoms with E-state index < -0.39 is 5.60 Å². The van der Waals surface area contributed by atoms with Gasteiger partial charge in [0.15, 0.2) is 5.78 Å². The Hall–Kier alpha value is -1.43. The number of benzene rings is 1. The smallest absolute Gasteiger partial charge is 0.194 e. The van der Waals surface area contributed by atoms with Gasteiger partial charge in [0.25, 0.3) is 0 Å². The number of ketones is 1. The first-order valence-corrected chi connectivity index (χ1v) is 6.35. The first-order chi connectivity index (χ1) is 9.51. The molecule has 0 aliphatic rings. The zero-order chi connectivity index (χ0) is 15.0. The van der Waals surface area contributed by atoms with E-state index in [4.69, 9.17) is 21.7 Å². The average molecular weight is 280 g/mol. The van der Waals surface area contributed by atoms with E-state index in [1.807, 2.05) is 0 Å². The molecular weight excluding hydrogens is 260 g/mol. The van der Waals surface area contributed by atoms with Gasteiger partial charge in [-0.2, -0.15) is 0 Å². The summed E-state index contributed by atoms with van der Waals surface area (Å²) in [6.45, 7) is 4.29. The fourth-order valence-electron chi connectivity index (χ4n) is 1.49. The molecule has 0 atom stereocenters. The molecule has 0 saturated heterocycles. The highest BCUT2D eigenvalue weighted by molar-refractivity contribution is 6.02. The maximum atomic E-state index is 12.1. The summed E-state index contributed by atoms with van der Waals surface area (Å²) in [5.41, 5.74) is -0.551. The summed E-state index contributed by atoms with van der Waals surface area (Å²) in [5.74, 6) is 0.443. The van der Waals surface area contributed by atoms with Crippen LogP contribution in [0.5, 0.6) is 5.75 Å². The molecule has 20 heavy (non-hydrogen) atoms. The van der Waals surface area contributed by atoms with Gasteiger partial charge in [-0.1, -0.05) is 0 Å². The van der Waals surface area contributed by atoms with Gasteiger partial charge in [0.05, 0.1) is 19.8 Å². The molecule has 0 aromatic heterocycles. The lowest BCUT2D eigenvalue weighted by Gasteiger charge is -2.20. The molecule has 1 aromatic rings. The van der Waals surface area contributed by atoms with Crippen LogP contribution in [-0.4, -0.2) is 42.9 Å². The molecule has 110 valence electrons. The lowest BCUT2D eigenvalue weighted by Crippen LogP contribution is -2.33. The molecule has 0 spiro atoms. The zero-order valence-corrected chi connectivity index (χ0v) is 11.8. The van der Waals surface area contributed by atoms with Crippen LogP contribution in [0.1, 0.15) is 24.2 Å². The number of aliphatic hydroxyl groups excluding tert-OH is 1. The SMILES string of the molecule is [CH]OC(C)(C)C(=O)c1ccc(OCCOCCO)cc1. The van der Waals surface area contributed by atoms with Crippen molar-refractivity contribution in [2.45, 2.75) is 19.4 Å². The Morgan fingerprint density at radius 3 is 2.40 bits per heavy atom. The number of carbonyl (C=O) groups is 1. The van der Waals surface area contributed by atoms with Crippen molar-refractivity contribution in [2.24, 2.45) is 0 Å². The van der Waals surface area contributed by atoms with Gasteiger partial charge in [-0.25, -0.2) is 0 Å². The fourth-order valence-corrected chi connectivity index (χ4v) is 1.49. The first-order valence-electron chi connectivity index (χ1n) is 6.35. The molecule has 0 fully saturated rings. The number of ether oxygens (including phenoxy) is 3. The summed E-state index contributed by atoms with van der Waals surface area (Å²) in [4.78, 5) is 12.1. The second kappa shape index (κ2) is 7.99. The summed E-state index contributed by atoms with van der Waals surface area (Å²) in [5, 5.41) is 8.53. The quantitative estimate of drug-likeness (QED) is 0.551. The molecule has 2 radical (unpaired) electrons. The molecule has 1 N–H and O–H groups in total. The van der Waals surface area contributed by atoms with E-state index in [2.05, 4.69) is 4.74 Å². The van der Waals surface area contributed by atoms with Crippen LogP contribution in [-0.2, 0) is 9.47 Å². The lowest BCUT2D eigenvalue weighted by molar-refractivity contribution is 0.0381. The van der Waals surface area contributed by atoms with E-state index in [-0.39, 0.29) is 12.4 Å². The van der Waals surface area contributed by atoms with Gasteiger partial charge in [0.2, 0.25) is 0 Å². The number of hydrogen-bond donors (Lipinski definition) is 1. The number of carbonyl (C=O) groups excluding carboxylic acids is 1. The van der Waals surface area contributed by atoms with E-state index in [9.17, 15) is 4.79 Å². The first kappa shape index (κ1) is 16.6. The highest BCUT2D eigenvalue weighted by Gasteiger charge is 2.28. The predicted molar refractivity (Wildman–Crippen MR) is 73.6 cm³/mol. The Labute approximate surface area is 119 Å². The highest BCUT2D eigenvalue weighted by Crippen LogP contribution is 2.19. The van der Waals surface area contributed by atoms with Crippen molar-refractivity contribution >= 4 is 5.78 Å². The summed E-state index contributed by atoms with van der Waals surface area (Å²) in [6, 6.07) is 6.72. The van der Waals surface area contributed by atoms with Crippen molar-refractivity contribution in [3.05, 3.63) is 36.9 Å². The van der Waals surface area contributed by atoms with E-state index in [0.717, 1.165) is 0 Å². The summed E-state index contributed by atoms with van der Waals surface area (Å²) < 4.78 is 15.2. The van der Waals surface area contributed by atoms with E-state index >= 15 is 0 Å². The predicted octanol–water partition coefficient (Wildman–Crippen LogP) is 1.72. The van der Waals surface area contributed by atoms with Crippen molar-refractivity contribution in [3.8, 4) is 5.75 Å². The van der Waals surface area contributed by atoms with Crippen molar-refractivity contribution in [1.82, 2.24) is 0 Å². The standard InChI is InChI=1S/C15H20O5/c1-15(2,18-3)14(17)12-4-6-13(7-5-12)20-11-10-19-9-8-16/h3-7,16H,8-11H2,1-2H3. The van der Waals surface area contributed by atoms with Crippen molar-refractivity contribution in [1.29, 1.82) is 0 Å². The Balaban J connectivity index is 2.50. The largest absolute Gasteiger partial charge is 0.491 e. The van der Waals surface area contributed by atoms with Crippen LogP contribution in [0.4, 0.5) is 0 Å². The third-order valence-corrected chi connectivity index (χ3v) is 2.69. The minimum absolute atomic E-state index is 0.00416. The van der Waals surface area contributed by atoms with Gasteiger partial charge in [0, 0.05) is 5.56 Å². The molecule has 5 heteroatoms. The molecular formula is C15H20O5. The molecule has 0 aliphatic carbocycles. The van der Waals surface area contributed by atoms with Crippen LogP contribution in [0, 0.1) is 7.11 Å². The fraction of sp³-hybridized carbons (Fsp3) is 0.467. The topological polar surface area (TPSA) is 65.0 Å². The third-order valence-electron chi connectivity index (χ3n) is 2.69. The summed E-state index contributed by atoms with van der Waals surface area (Å²) in [7, 11) is 5.10. The van der Waals surface area contributed by atoms with Crippen molar-refractivity contribution < 1.29 is 24.1 Å². The maximum Gasteiger partial charge on any atom is 0.194 e. The van der Waals surface area contributed by atoms with Crippen LogP contribution >= 0.6 is 0 Å². The van der Waals surface area contributed by atoms with Gasteiger partial charge < -0.3 is 19.3 Å². The molecule has 5 nitrogen and oxygen atoms in total. The van der Waals surface area contributed by atoms with Crippen LogP contribution in [0.15, 0.2) is 24.3 Å². The van der Waals surface area contributed by atoms with Gasteiger partial charge in [-0.05, 0) is 38.1 Å². The van der Waals surface area contributed by atoms with E-state index in [1.165, 1.54) is 0 Å². The maximum absolute atomic E-state index is 12.1. The molecule has 0 amide bonds. The average Bonchev–Trinajstić information content (AvgIpc) is 2.47. The Bertz CT molecular complexity index is 411. The molecule has 0 unspecified atom stereocenters. The number of hydrogen-bond acceptors (Lipinski definition) is 5. The van der Waals surface area contributed by atoms with Gasteiger partial charge in [-0.15, -0.1) is 0 Å². The lowest BCUT2D eigenvalue weighted by atomic mass is 9.96. The van der Waals surface area contributed by atoms with Crippen LogP contribution in [0.3, 0.4) is 0 Å². The van der Waals surface area contributed by atoms with Crippen LogP contribution in [0.25, 0.3) is 0 Å². The van der Waals surface area contributed by atoms with Crippen LogP contribution < -0.4 is 4.74 Å². The normalized spacial score (nSPS) is 11.4. The summed E-state index contributed by atoms with van der Waals surface area (Å²) in [6.07, 6.45) is 0. The van der Waals surface area contributed by atoms with Gasteiger partial charge >= 0.3 is 0 Å². The minimum atomic E-state index is -1.06. The summed E-state index contributed by atoms with van der Waals surface area (Å²) >= 11 is 0. The van der Waals surface area contributed by atoms with Crippen LogP contribution in [0.2, 0.25) is 0 Å². The number of rotatable bonds is 9. The second-order valence-electron chi connectivity index (χ2n) is 4.67. The van der Waals surface area contributed by atoms with Gasteiger partial charge in [0.1, 0.15) is 25.1 Å². The second-order valence-corrected chi connectivity index (χ2v) is 4.67. The van der Waals surface area contributed by atoms with E-state index in [0.29, 0.717) is 31.1 Å². The molecule has 0 aliphatic heterocycles. The molecule has 1 aromatic carbocycles. The number of Topliss-reactive ketones (excluding diaryl/α,β-unsaturated/α-hetero) is 1. The highest BCUT2D eigenvalue weighted by atomic mass is 16.5. The third kappa shape index (κ3) is 4.92. The molecule has 1 rings (SSSR count). The van der Waals surface area contributed by atoms with E-state index in [1.54, 1.807) is 38.1 Å². The minimum Gasteiger partial charge on any atom is -0.491 e. The monoisotopic (exact) mass is 280 g/mol. The Morgan fingerprint density at radius 1 is 1.20 bits per heavy atom. The number of aliphatic hydroxyl groups is 1. The van der Waals surface area contributed by atoms with Gasteiger partial charge in [-0.3, -0.25) is 4.79 Å².